The smallest absolute Gasteiger partial charge is 0.225 e. The van der Waals surface area contributed by atoms with Crippen molar-refractivity contribution in [3.8, 4) is 0 Å². The van der Waals surface area contributed by atoms with Crippen LogP contribution in [0.1, 0.15) is 5.56 Å². The second kappa shape index (κ2) is 7.92. The van der Waals surface area contributed by atoms with Crippen LogP contribution in [-0.2, 0) is 17.3 Å². The van der Waals surface area contributed by atoms with Crippen LogP contribution >= 0.6 is 23.2 Å². The van der Waals surface area contributed by atoms with E-state index in [4.69, 9.17) is 23.2 Å². The Kier molecular flexibility index (Phi) is 5.38. The lowest BCUT2D eigenvalue weighted by Gasteiger charge is -2.27. The van der Waals surface area contributed by atoms with Gasteiger partial charge in [-0.1, -0.05) is 23.7 Å². The minimum atomic E-state index is -0.778. The van der Waals surface area contributed by atoms with E-state index in [9.17, 15) is 4.21 Å². The van der Waals surface area contributed by atoms with Gasteiger partial charge in [-0.15, -0.1) is 0 Å². The summed E-state index contributed by atoms with van der Waals surface area (Å²) in [5, 5.41) is 4.08. The summed E-state index contributed by atoms with van der Waals surface area (Å²) in [6.07, 6.45) is 1.48. The molecule has 0 amide bonds. The third-order valence-electron chi connectivity index (χ3n) is 4.26. The molecule has 7 nitrogen and oxygen atoms in total. The van der Waals surface area contributed by atoms with Crippen LogP contribution < -0.4 is 10.2 Å². The van der Waals surface area contributed by atoms with Crippen molar-refractivity contribution in [2.45, 2.75) is 6.54 Å². The molecular formula is C17H16Cl2N6OS. The summed E-state index contributed by atoms with van der Waals surface area (Å²) in [7, 11) is -0.778. The van der Waals surface area contributed by atoms with Crippen molar-refractivity contribution in [1.29, 1.82) is 0 Å². The van der Waals surface area contributed by atoms with Crippen molar-refractivity contribution in [3.05, 3.63) is 46.5 Å². The number of nitrogens with zero attached hydrogens (tertiary/aromatic N) is 5. The molecule has 0 bridgehead atoms. The summed E-state index contributed by atoms with van der Waals surface area (Å²) in [5.74, 6) is 2.43. The molecule has 2 aromatic heterocycles. The first kappa shape index (κ1) is 18.3. The third kappa shape index (κ3) is 4.12. The van der Waals surface area contributed by atoms with Crippen LogP contribution in [0, 0.1) is 0 Å². The molecule has 0 atom stereocenters. The third-order valence-corrected chi connectivity index (χ3v) is 5.94. The molecule has 3 aromatic rings. The highest BCUT2D eigenvalue weighted by Gasteiger charge is 2.21. The number of halogens is 2. The molecule has 0 spiro atoms. The lowest BCUT2D eigenvalue weighted by atomic mass is 10.2. The van der Waals surface area contributed by atoms with Gasteiger partial charge in [0.1, 0.15) is 17.4 Å². The Morgan fingerprint density at radius 3 is 2.70 bits per heavy atom. The maximum Gasteiger partial charge on any atom is 0.225 e. The zero-order chi connectivity index (χ0) is 18.8. The van der Waals surface area contributed by atoms with Crippen molar-refractivity contribution in [3.63, 3.8) is 0 Å². The van der Waals surface area contributed by atoms with Gasteiger partial charge in [-0.25, -0.2) is 15.0 Å². The summed E-state index contributed by atoms with van der Waals surface area (Å²) < 4.78 is 11.6. The van der Waals surface area contributed by atoms with Crippen molar-refractivity contribution in [2.24, 2.45) is 0 Å². The van der Waals surface area contributed by atoms with Crippen LogP contribution in [-0.4, -0.2) is 48.7 Å². The van der Waals surface area contributed by atoms with Gasteiger partial charge in [0, 0.05) is 47.0 Å². The van der Waals surface area contributed by atoms with Crippen molar-refractivity contribution in [1.82, 2.24) is 19.9 Å². The molecule has 1 saturated heterocycles. The zero-order valence-electron chi connectivity index (χ0n) is 14.2. The molecule has 0 unspecified atom stereocenters. The van der Waals surface area contributed by atoms with Crippen molar-refractivity contribution < 1.29 is 4.21 Å². The number of rotatable bonds is 4. The summed E-state index contributed by atoms with van der Waals surface area (Å²) in [4.78, 5) is 19.4. The monoisotopic (exact) mass is 422 g/mol. The Morgan fingerprint density at radius 2 is 1.93 bits per heavy atom. The molecular weight excluding hydrogens is 407 g/mol. The molecule has 1 N–H and O–H groups in total. The fraction of sp³-hybridized carbons (Fsp3) is 0.294. The van der Waals surface area contributed by atoms with Crippen molar-refractivity contribution >= 4 is 56.7 Å². The van der Waals surface area contributed by atoms with Gasteiger partial charge >= 0.3 is 0 Å². The second-order valence-corrected chi connectivity index (χ2v) is 8.52. The number of hydrogen-bond acceptors (Lipinski definition) is 7. The van der Waals surface area contributed by atoms with E-state index in [1.54, 1.807) is 0 Å². The standard InChI is InChI=1S/C17H16Cl2N6OS/c18-12-3-1-2-11(8-12)9-20-15-13-14(21-10-22-15)16(24-17(19)23-13)25-4-6-27(26)7-5-25/h1-3,8,10H,4-7,9H2,(H,20,21,22). The minimum absolute atomic E-state index is 0.129. The van der Waals surface area contributed by atoms with Gasteiger partial charge in [0.05, 0.1) is 0 Å². The molecule has 1 aliphatic rings. The number of hydrogen-bond donors (Lipinski definition) is 1. The number of nitrogens with one attached hydrogen (secondary N) is 1. The average Bonchev–Trinajstić information content (AvgIpc) is 2.66. The van der Waals surface area contributed by atoms with Gasteiger partial charge in [-0.2, -0.15) is 4.98 Å². The second-order valence-electron chi connectivity index (χ2n) is 6.05. The largest absolute Gasteiger partial charge is 0.364 e. The average molecular weight is 423 g/mol. The van der Waals surface area contributed by atoms with Crippen LogP contribution in [0.5, 0.6) is 0 Å². The summed E-state index contributed by atoms with van der Waals surface area (Å²) in [6.45, 7) is 1.82. The van der Waals surface area contributed by atoms with Gasteiger partial charge < -0.3 is 10.2 Å². The molecule has 4 rings (SSSR count). The van der Waals surface area contributed by atoms with E-state index in [-0.39, 0.29) is 5.28 Å². The minimum Gasteiger partial charge on any atom is -0.364 e. The van der Waals surface area contributed by atoms with Crippen LogP contribution in [0.3, 0.4) is 0 Å². The van der Waals surface area contributed by atoms with E-state index >= 15 is 0 Å². The molecule has 1 aliphatic heterocycles. The molecule has 1 fully saturated rings. The summed E-state index contributed by atoms with van der Waals surface area (Å²) in [5.41, 5.74) is 2.20. The zero-order valence-corrected chi connectivity index (χ0v) is 16.6. The van der Waals surface area contributed by atoms with E-state index < -0.39 is 10.8 Å². The van der Waals surface area contributed by atoms with E-state index in [2.05, 4.69) is 25.3 Å². The van der Waals surface area contributed by atoms with Gasteiger partial charge in [-0.3, -0.25) is 4.21 Å². The van der Waals surface area contributed by atoms with Gasteiger partial charge in [-0.05, 0) is 29.3 Å². The highest BCUT2D eigenvalue weighted by atomic mass is 35.5. The first-order valence-corrected chi connectivity index (χ1v) is 10.6. The van der Waals surface area contributed by atoms with Gasteiger partial charge in [0.15, 0.2) is 11.6 Å². The Morgan fingerprint density at radius 1 is 1.11 bits per heavy atom. The molecule has 1 aromatic carbocycles. The van der Waals surface area contributed by atoms with Crippen LogP contribution in [0.2, 0.25) is 10.3 Å². The number of benzene rings is 1. The van der Waals surface area contributed by atoms with E-state index in [1.165, 1.54) is 6.33 Å². The van der Waals surface area contributed by atoms with Gasteiger partial charge in [0.2, 0.25) is 5.28 Å². The Labute approximate surface area is 168 Å². The predicted octanol–water partition coefficient (Wildman–Crippen LogP) is 2.91. The van der Waals surface area contributed by atoms with Crippen LogP contribution in [0.25, 0.3) is 11.0 Å². The maximum absolute atomic E-state index is 11.6. The fourth-order valence-electron chi connectivity index (χ4n) is 2.94. The molecule has 10 heteroatoms. The topological polar surface area (TPSA) is 83.9 Å². The summed E-state index contributed by atoms with van der Waals surface area (Å²) >= 11 is 12.2. The first-order valence-electron chi connectivity index (χ1n) is 8.36. The molecule has 0 saturated carbocycles. The molecule has 140 valence electrons. The van der Waals surface area contributed by atoms with Crippen molar-refractivity contribution in [2.75, 3.05) is 34.8 Å². The van der Waals surface area contributed by atoms with Crippen LogP contribution in [0.4, 0.5) is 11.6 Å². The number of aromatic nitrogens is 4. The SMILES string of the molecule is O=S1CCN(c2nc(Cl)nc3c(NCc4cccc(Cl)c4)ncnc23)CC1. The lowest BCUT2D eigenvalue weighted by molar-refractivity contribution is 0.672. The predicted molar refractivity (Wildman–Crippen MR) is 109 cm³/mol. The quantitative estimate of drug-likeness (QED) is 0.646. The Hall–Kier alpha value is -2.03. The van der Waals surface area contributed by atoms with Gasteiger partial charge in [0.25, 0.3) is 0 Å². The Bertz CT molecular complexity index is 1010. The fourth-order valence-corrected chi connectivity index (χ4v) is 4.37. The van der Waals surface area contributed by atoms with E-state index in [1.807, 2.05) is 29.2 Å². The normalized spacial score (nSPS) is 15.3. The molecule has 3 heterocycles. The summed E-state index contributed by atoms with van der Waals surface area (Å²) in [6, 6.07) is 7.59. The maximum atomic E-state index is 11.6. The first-order chi connectivity index (χ1) is 13.1. The number of anilines is 2. The highest BCUT2D eigenvalue weighted by molar-refractivity contribution is 7.85. The highest BCUT2D eigenvalue weighted by Crippen LogP contribution is 2.28. The lowest BCUT2D eigenvalue weighted by Crippen LogP contribution is -2.38. The molecule has 0 aliphatic carbocycles. The Balaban J connectivity index is 1.67. The van der Waals surface area contributed by atoms with E-state index in [0.29, 0.717) is 58.8 Å². The molecule has 0 radical (unpaired) electrons. The molecule has 27 heavy (non-hydrogen) atoms. The van der Waals surface area contributed by atoms with Crippen LogP contribution in [0.15, 0.2) is 30.6 Å². The van der Waals surface area contributed by atoms with E-state index in [0.717, 1.165) is 5.56 Å². The number of fused-ring (bicyclic) bond motifs is 1.